The third kappa shape index (κ3) is 4.71. The quantitative estimate of drug-likeness (QED) is 0.772. The van der Waals surface area contributed by atoms with E-state index in [0.29, 0.717) is 48.1 Å². The molecule has 6 nitrogen and oxygen atoms in total. The predicted octanol–water partition coefficient (Wildman–Crippen LogP) is 3.96. The van der Waals surface area contributed by atoms with Crippen LogP contribution < -0.4 is 14.8 Å². The van der Waals surface area contributed by atoms with Gasteiger partial charge in [-0.1, -0.05) is 23.7 Å². The third-order valence-corrected chi connectivity index (χ3v) is 5.32. The van der Waals surface area contributed by atoms with E-state index in [0.717, 1.165) is 5.56 Å². The monoisotopic (exact) mass is 412 g/mol. The second kappa shape index (κ2) is 8.57. The van der Waals surface area contributed by atoms with Crippen molar-refractivity contribution in [2.24, 2.45) is 5.92 Å². The number of carbonyl (C=O) groups is 2. The molecular formula is C22H21ClN2O4. The first kappa shape index (κ1) is 19.3. The summed E-state index contributed by atoms with van der Waals surface area (Å²) in [5, 5.41) is 3.57. The molecule has 2 amide bonds. The SMILES string of the molecule is O=C(Nc1ccc2c(c1)OCO2)C1CCN(C(=O)/C=C/c2cccc(Cl)c2)CC1. The van der Waals surface area contributed by atoms with E-state index < -0.39 is 0 Å². The Labute approximate surface area is 174 Å². The van der Waals surface area contributed by atoms with Crippen LogP contribution in [-0.4, -0.2) is 36.6 Å². The first-order valence-corrected chi connectivity index (χ1v) is 9.89. The minimum absolute atomic E-state index is 0.0366. The van der Waals surface area contributed by atoms with E-state index in [-0.39, 0.29) is 24.5 Å². The Kier molecular flexibility index (Phi) is 5.71. The molecule has 2 heterocycles. The van der Waals surface area contributed by atoms with E-state index >= 15 is 0 Å². The van der Waals surface area contributed by atoms with Gasteiger partial charge in [0.15, 0.2) is 11.5 Å². The van der Waals surface area contributed by atoms with Crippen molar-refractivity contribution in [1.82, 2.24) is 4.90 Å². The molecule has 0 bridgehead atoms. The molecule has 0 atom stereocenters. The Bertz CT molecular complexity index is 952. The normalized spacial score (nSPS) is 16.2. The number of hydrogen-bond donors (Lipinski definition) is 1. The molecule has 7 heteroatoms. The van der Waals surface area contributed by atoms with Crippen LogP contribution in [0.15, 0.2) is 48.5 Å². The molecule has 0 saturated carbocycles. The molecular weight excluding hydrogens is 392 g/mol. The van der Waals surface area contributed by atoms with Gasteiger partial charge in [-0.2, -0.15) is 0 Å². The molecule has 4 rings (SSSR count). The van der Waals surface area contributed by atoms with E-state index in [4.69, 9.17) is 21.1 Å². The average Bonchev–Trinajstić information content (AvgIpc) is 3.20. The summed E-state index contributed by atoms with van der Waals surface area (Å²) in [7, 11) is 0. The standard InChI is InChI=1S/C22H21ClN2O4/c23-17-3-1-2-15(12-17)4-7-21(26)25-10-8-16(9-11-25)22(27)24-18-5-6-19-20(13-18)29-14-28-19/h1-7,12-13,16H,8-11,14H2,(H,24,27)/b7-4+. The Balaban J connectivity index is 1.28. The lowest BCUT2D eigenvalue weighted by Gasteiger charge is -2.30. The average molecular weight is 413 g/mol. The Morgan fingerprint density at radius 2 is 1.86 bits per heavy atom. The maximum atomic E-state index is 12.6. The van der Waals surface area contributed by atoms with Crippen LogP contribution in [0.25, 0.3) is 6.08 Å². The molecule has 1 N–H and O–H groups in total. The summed E-state index contributed by atoms with van der Waals surface area (Å²) in [4.78, 5) is 26.8. The fraction of sp³-hybridized carbons (Fsp3) is 0.273. The van der Waals surface area contributed by atoms with Crippen molar-refractivity contribution < 1.29 is 19.1 Å². The first-order chi connectivity index (χ1) is 14.1. The van der Waals surface area contributed by atoms with Gasteiger partial charge in [-0.25, -0.2) is 0 Å². The number of anilines is 1. The summed E-state index contributed by atoms with van der Waals surface area (Å²) in [6, 6.07) is 12.7. The fourth-order valence-electron chi connectivity index (χ4n) is 3.46. The zero-order valence-electron chi connectivity index (χ0n) is 15.8. The number of ether oxygens (including phenoxy) is 2. The van der Waals surface area contributed by atoms with E-state index in [2.05, 4.69) is 5.32 Å². The van der Waals surface area contributed by atoms with Crippen LogP contribution in [0.5, 0.6) is 11.5 Å². The molecule has 150 valence electrons. The number of nitrogens with one attached hydrogen (secondary N) is 1. The minimum atomic E-state index is -0.124. The molecule has 2 aromatic rings. The summed E-state index contributed by atoms with van der Waals surface area (Å²) < 4.78 is 10.6. The number of likely N-dealkylation sites (tertiary alicyclic amines) is 1. The van der Waals surface area contributed by atoms with Crippen molar-refractivity contribution >= 4 is 35.2 Å². The highest BCUT2D eigenvalue weighted by molar-refractivity contribution is 6.30. The highest BCUT2D eigenvalue weighted by Crippen LogP contribution is 2.34. The number of piperidine rings is 1. The molecule has 1 fully saturated rings. The predicted molar refractivity (Wildman–Crippen MR) is 111 cm³/mol. The maximum absolute atomic E-state index is 12.6. The van der Waals surface area contributed by atoms with Crippen molar-refractivity contribution in [3.63, 3.8) is 0 Å². The molecule has 0 spiro atoms. The van der Waals surface area contributed by atoms with Gasteiger partial charge in [-0.05, 0) is 48.7 Å². The van der Waals surface area contributed by atoms with Gasteiger partial charge in [0.25, 0.3) is 0 Å². The van der Waals surface area contributed by atoms with Gasteiger partial charge in [0.05, 0.1) is 0 Å². The number of carbonyl (C=O) groups excluding carboxylic acids is 2. The van der Waals surface area contributed by atoms with Gasteiger partial charge >= 0.3 is 0 Å². The van der Waals surface area contributed by atoms with Gasteiger partial charge in [-0.15, -0.1) is 0 Å². The van der Waals surface area contributed by atoms with Crippen LogP contribution >= 0.6 is 11.6 Å². The van der Waals surface area contributed by atoms with Crippen molar-refractivity contribution in [1.29, 1.82) is 0 Å². The lowest BCUT2D eigenvalue weighted by molar-refractivity contribution is -0.130. The molecule has 2 aliphatic heterocycles. The molecule has 0 aromatic heterocycles. The van der Waals surface area contributed by atoms with Gasteiger partial charge < -0.3 is 19.7 Å². The van der Waals surface area contributed by atoms with Crippen LogP contribution in [0.2, 0.25) is 5.02 Å². The Hall–Kier alpha value is -2.99. The number of nitrogens with zero attached hydrogens (tertiary/aromatic N) is 1. The third-order valence-electron chi connectivity index (χ3n) is 5.08. The molecule has 2 aliphatic rings. The molecule has 2 aromatic carbocycles. The van der Waals surface area contributed by atoms with Crippen LogP contribution in [0.4, 0.5) is 5.69 Å². The number of benzene rings is 2. The molecule has 1 saturated heterocycles. The van der Waals surface area contributed by atoms with Gasteiger partial charge in [-0.3, -0.25) is 9.59 Å². The summed E-state index contributed by atoms with van der Waals surface area (Å²) in [6.07, 6.45) is 4.57. The zero-order chi connectivity index (χ0) is 20.2. The highest BCUT2D eigenvalue weighted by Gasteiger charge is 2.27. The maximum Gasteiger partial charge on any atom is 0.246 e. The van der Waals surface area contributed by atoms with Crippen molar-refractivity contribution in [2.75, 3.05) is 25.2 Å². The van der Waals surface area contributed by atoms with Gasteiger partial charge in [0, 0.05) is 41.9 Å². The summed E-state index contributed by atoms with van der Waals surface area (Å²) in [5.41, 5.74) is 1.56. The van der Waals surface area contributed by atoms with Crippen molar-refractivity contribution in [3.8, 4) is 11.5 Å². The topological polar surface area (TPSA) is 67.9 Å². The van der Waals surface area contributed by atoms with E-state index in [1.165, 1.54) is 0 Å². The largest absolute Gasteiger partial charge is 0.454 e. The Morgan fingerprint density at radius 1 is 1.07 bits per heavy atom. The lowest BCUT2D eigenvalue weighted by Crippen LogP contribution is -2.40. The van der Waals surface area contributed by atoms with Crippen LogP contribution in [-0.2, 0) is 9.59 Å². The highest BCUT2D eigenvalue weighted by atomic mass is 35.5. The fourth-order valence-corrected chi connectivity index (χ4v) is 3.66. The summed E-state index contributed by atoms with van der Waals surface area (Å²) in [5.74, 6) is 1.10. The van der Waals surface area contributed by atoms with Crippen molar-refractivity contribution in [2.45, 2.75) is 12.8 Å². The summed E-state index contributed by atoms with van der Waals surface area (Å²) >= 11 is 5.96. The number of amides is 2. The van der Waals surface area contributed by atoms with Crippen LogP contribution in [0, 0.1) is 5.92 Å². The second-order valence-electron chi connectivity index (χ2n) is 7.05. The van der Waals surface area contributed by atoms with Gasteiger partial charge in [0.2, 0.25) is 18.6 Å². The van der Waals surface area contributed by atoms with Crippen LogP contribution in [0.3, 0.4) is 0 Å². The number of hydrogen-bond acceptors (Lipinski definition) is 4. The van der Waals surface area contributed by atoms with E-state index in [1.807, 2.05) is 12.1 Å². The lowest BCUT2D eigenvalue weighted by atomic mass is 9.95. The van der Waals surface area contributed by atoms with E-state index in [9.17, 15) is 9.59 Å². The Morgan fingerprint density at radius 3 is 2.66 bits per heavy atom. The zero-order valence-corrected chi connectivity index (χ0v) is 16.5. The minimum Gasteiger partial charge on any atom is -0.454 e. The first-order valence-electron chi connectivity index (χ1n) is 9.51. The number of rotatable bonds is 4. The summed E-state index contributed by atoms with van der Waals surface area (Å²) in [6.45, 7) is 1.31. The molecule has 29 heavy (non-hydrogen) atoms. The number of halogens is 1. The van der Waals surface area contributed by atoms with Gasteiger partial charge in [0.1, 0.15) is 0 Å². The second-order valence-corrected chi connectivity index (χ2v) is 7.48. The molecule has 0 aliphatic carbocycles. The smallest absolute Gasteiger partial charge is 0.246 e. The molecule has 0 unspecified atom stereocenters. The molecule has 0 radical (unpaired) electrons. The van der Waals surface area contributed by atoms with E-state index in [1.54, 1.807) is 47.4 Å². The number of fused-ring (bicyclic) bond motifs is 1. The van der Waals surface area contributed by atoms with Crippen molar-refractivity contribution in [3.05, 3.63) is 59.1 Å². The van der Waals surface area contributed by atoms with Crippen LogP contribution in [0.1, 0.15) is 18.4 Å².